The Morgan fingerprint density at radius 3 is 1.32 bits per heavy atom. The highest BCUT2D eigenvalue weighted by Gasteiger charge is 2.08. The zero-order chi connectivity index (χ0) is 13.2. The van der Waals surface area contributed by atoms with Crippen LogP contribution in [-0.2, 0) is 0 Å². The normalized spacial score (nSPS) is 10.6. The molecule has 0 saturated carbocycles. The van der Waals surface area contributed by atoms with Gasteiger partial charge in [-0.1, -0.05) is 47.5 Å². The molecule has 0 fully saturated rings. The zero-order valence-electron chi connectivity index (χ0n) is 10.0. The van der Waals surface area contributed by atoms with Crippen molar-refractivity contribution in [3.8, 4) is 22.3 Å². The molecule has 3 aromatic rings. The van der Waals surface area contributed by atoms with Crippen molar-refractivity contribution in [1.29, 1.82) is 0 Å². The second-order valence-electron chi connectivity index (χ2n) is 4.30. The molecule has 3 rings (SSSR count). The van der Waals surface area contributed by atoms with Crippen molar-refractivity contribution < 1.29 is 0 Å². The molecule has 0 saturated heterocycles. The fraction of sp³-hybridized carbons (Fsp3) is 0. The van der Waals surface area contributed by atoms with E-state index in [9.17, 15) is 0 Å². The summed E-state index contributed by atoms with van der Waals surface area (Å²) in [6, 6.07) is 15.7. The van der Waals surface area contributed by atoms with Gasteiger partial charge in [-0.3, -0.25) is 0 Å². The topological polar surface area (TPSA) is 15.8 Å². The summed E-state index contributed by atoms with van der Waals surface area (Å²) in [4.78, 5) is 3.16. The molecule has 3 heteroatoms. The highest BCUT2D eigenvalue weighted by molar-refractivity contribution is 6.31. The van der Waals surface area contributed by atoms with Crippen molar-refractivity contribution in [3.05, 3.63) is 71.0 Å². The van der Waals surface area contributed by atoms with Crippen molar-refractivity contribution in [2.45, 2.75) is 0 Å². The molecule has 0 amide bonds. The standard InChI is InChI=1S/C16H11Cl2N/c17-13-5-1-11(2-6-13)15-9-19-10-16(15)12-3-7-14(18)8-4-12/h1-10,19H. The molecule has 0 unspecified atom stereocenters. The Morgan fingerprint density at radius 2 is 0.947 bits per heavy atom. The van der Waals surface area contributed by atoms with Crippen molar-refractivity contribution in [1.82, 2.24) is 4.98 Å². The van der Waals surface area contributed by atoms with Gasteiger partial charge in [0.05, 0.1) is 0 Å². The average molecular weight is 288 g/mol. The second kappa shape index (κ2) is 5.12. The van der Waals surface area contributed by atoms with Crippen molar-refractivity contribution in [2.75, 3.05) is 0 Å². The first kappa shape index (κ1) is 12.3. The molecule has 0 spiro atoms. The van der Waals surface area contributed by atoms with Crippen LogP contribution in [0.5, 0.6) is 0 Å². The third kappa shape index (κ3) is 2.53. The van der Waals surface area contributed by atoms with Crippen LogP contribution in [0.1, 0.15) is 0 Å². The molecule has 0 bridgehead atoms. The molecule has 0 aliphatic heterocycles. The van der Waals surface area contributed by atoms with E-state index < -0.39 is 0 Å². The number of rotatable bonds is 2. The van der Waals surface area contributed by atoms with E-state index in [0.717, 1.165) is 32.3 Å². The van der Waals surface area contributed by atoms with Gasteiger partial charge in [-0.2, -0.15) is 0 Å². The summed E-state index contributed by atoms with van der Waals surface area (Å²) in [5, 5.41) is 1.49. The van der Waals surface area contributed by atoms with Gasteiger partial charge in [-0.05, 0) is 35.4 Å². The lowest BCUT2D eigenvalue weighted by atomic mass is 9.99. The summed E-state index contributed by atoms with van der Waals surface area (Å²) >= 11 is 11.8. The van der Waals surface area contributed by atoms with E-state index in [1.165, 1.54) is 0 Å². The molecular formula is C16H11Cl2N. The Hall–Kier alpha value is -1.70. The quantitative estimate of drug-likeness (QED) is 0.626. The predicted molar refractivity (Wildman–Crippen MR) is 81.7 cm³/mol. The van der Waals surface area contributed by atoms with Crippen LogP contribution in [0.15, 0.2) is 60.9 Å². The van der Waals surface area contributed by atoms with Gasteiger partial charge in [-0.25, -0.2) is 0 Å². The first-order valence-corrected chi connectivity index (χ1v) is 6.68. The van der Waals surface area contributed by atoms with Crippen LogP contribution in [0, 0.1) is 0 Å². The molecular weight excluding hydrogens is 277 g/mol. The Bertz CT molecular complexity index is 622. The van der Waals surface area contributed by atoms with Crippen LogP contribution in [0.2, 0.25) is 10.0 Å². The van der Waals surface area contributed by atoms with Crippen molar-refractivity contribution in [3.63, 3.8) is 0 Å². The fourth-order valence-electron chi connectivity index (χ4n) is 2.10. The van der Waals surface area contributed by atoms with Gasteiger partial charge in [0.1, 0.15) is 0 Å². The average Bonchev–Trinajstić information content (AvgIpc) is 2.90. The number of halogens is 2. The Kier molecular flexibility index (Phi) is 3.33. The van der Waals surface area contributed by atoms with Crippen LogP contribution >= 0.6 is 23.2 Å². The minimum absolute atomic E-state index is 0.743. The van der Waals surface area contributed by atoms with Gasteiger partial charge in [0.15, 0.2) is 0 Å². The monoisotopic (exact) mass is 287 g/mol. The van der Waals surface area contributed by atoms with E-state index in [4.69, 9.17) is 23.2 Å². The third-order valence-corrected chi connectivity index (χ3v) is 3.56. The maximum absolute atomic E-state index is 5.92. The third-order valence-electron chi connectivity index (χ3n) is 3.06. The van der Waals surface area contributed by atoms with E-state index in [-0.39, 0.29) is 0 Å². The number of hydrogen-bond donors (Lipinski definition) is 1. The number of aromatic nitrogens is 1. The van der Waals surface area contributed by atoms with Crippen molar-refractivity contribution in [2.24, 2.45) is 0 Å². The smallest absolute Gasteiger partial charge is 0.0406 e. The van der Waals surface area contributed by atoms with Gasteiger partial charge >= 0.3 is 0 Å². The summed E-state index contributed by atoms with van der Waals surface area (Å²) in [7, 11) is 0. The van der Waals surface area contributed by atoms with Crippen LogP contribution in [-0.4, -0.2) is 4.98 Å². The van der Waals surface area contributed by atoms with E-state index in [1.807, 2.05) is 60.9 Å². The number of nitrogens with one attached hydrogen (secondary N) is 1. The first-order chi connectivity index (χ1) is 9.24. The summed E-state index contributed by atoms with van der Waals surface area (Å²) in [6.07, 6.45) is 3.99. The van der Waals surface area contributed by atoms with Crippen LogP contribution in [0.4, 0.5) is 0 Å². The van der Waals surface area contributed by atoms with Crippen LogP contribution in [0.3, 0.4) is 0 Å². The molecule has 2 aromatic carbocycles. The van der Waals surface area contributed by atoms with Gasteiger partial charge in [0.2, 0.25) is 0 Å². The van der Waals surface area contributed by atoms with Gasteiger partial charge in [0.25, 0.3) is 0 Å². The lowest BCUT2D eigenvalue weighted by molar-refractivity contribution is 1.41. The summed E-state index contributed by atoms with van der Waals surface area (Å²) in [6.45, 7) is 0. The molecule has 0 atom stereocenters. The van der Waals surface area contributed by atoms with E-state index in [1.54, 1.807) is 0 Å². The molecule has 0 aliphatic carbocycles. The van der Waals surface area contributed by atoms with E-state index >= 15 is 0 Å². The molecule has 1 N–H and O–H groups in total. The Balaban J connectivity index is 2.07. The number of aromatic amines is 1. The SMILES string of the molecule is Clc1ccc(-c2c[nH]cc2-c2ccc(Cl)cc2)cc1. The maximum atomic E-state index is 5.92. The lowest BCUT2D eigenvalue weighted by Crippen LogP contribution is -1.80. The van der Waals surface area contributed by atoms with Crippen LogP contribution < -0.4 is 0 Å². The highest BCUT2D eigenvalue weighted by Crippen LogP contribution is 2.32. The van der Waals surface area contributed by atoms with Crippen molar-refractivity contribution >= 4 is 23.2 Å². The summed E-state index contributed by atoms with van der Waals surface area (Å²) in [5.41, 5.74) is 4.57. The van der Waals surface area contributed by atoms with E-state index in [2.05, 4.69) is 4.98 Å². The fourth-order valence-corrected chi connectivity index (χ4v) is 2.35. The molecule has 1 aromatic heterocycles. The Morgan fingerprint density at radius 1 is 0.579 bits per heavy atom. The van der Waals surface area contributed by atoms with Gasteiger partial charge in [-0.15, -0.1) is 0 Å². The number of H-pyrrole nitrogens is 1. The largest absolute Gasteiger partial charge is 0.366 e. The van der Waals surface area contributed by atoms with E-state index in [0.29, 0.717) is 0 Å². The highest BCUT2D eigenvalue weighted by atomic mass is 35.5. The molecule has 94 valence electrons. The second-order valence-corrected chi connectivity index (χ2v) is 5.17. The molecule has 1 nitrogen and oxygen atoms in total. The zero-order valence-corrected chi connectivity index (χ0v) is 11.5. The molecule has 19 heavy (non-hydrogen) atoms. The maximum Gasteiger partial charge on any atom is 0.0406 e. The number of hydrogen-bond acceptors (Lipinski definition) is 0. The Labute approximate surface area is 121 Å². The van der Waals surface area contributed by atoms with Crippen LogP contribution in [0.25, 0.3) is 22.3 Å². The van der Waals surface area contributed by atoms with Gasteiger partial charge < -0.3 is 4.98 Å². The summed E-state index contributed by atoms with van der Waals surface area (Å²) < 4.78 is 0. The molecule has 1 heterocycles. The first-order valence-electron chi connectivity index (χ1n) is 5.93. The minimum atomic E-state index is 0.743. The summed E-state index contributed by atoms with van der Waals surface area (Å²) in [5.74, 6) is 0. The molecule has 0 radical (unpaired) electrons. The lowest BCUT2D eigenvalue weighted by Gasteiger charge is -2.05. The molecule has 0 aliphatic rings. The predicted octanol–water partition coefficient (Wildman–Crippen LogP) is 5.66. The number of benzene rings is 2. The van der Waals surface area contributed by atoms with Gasteiger partial charge in [0, 0.05) is 33.6 Å². The minimum Gasteiger partial charge on any atom is -0.366 e.